The number of halogens is 1. The highest BCUT2D eigenvalue weighted by molar-refractivity contribution is 7.16. The molecule has 112 valence electrons. The second-order valence-electron chi connectivity index (χ2n) is 6.16. The lowest BCUT2D eigenvalue weighted by atomic mass is 9.92. The van der Waals surface area contributed by atoms with Gasteiger partial charge in [0, 0.05) is 10.9 Å². The summed E-state index contributed by atoms with van der Waals surface area (Å²) < 4.78 is 0.958. The highest BCUT2D eigenvalue weighted by Crippen LogP contribution is 2.37. The van der Waals surface area contributed by atoms with Gasteiger partial charge in [0.2, 0.25) is 0 Å². The Morgan fingerprint density at radius 2 is 2.15 bits per heavy atom. The smallest absolute Gasteiger partial charge is 0.0934 e. The number of rotatable bonds is 4. The third-order valence-electron chi connectivity index (χ3n) is 4.89. The summed E-state index contributed by atoms with van der Waals surface area (Å²) in [7, 11) is 0. The van der Waals surface area contributed by atoms with E-state index in [0.717, 1.165) is 10.3 Å². The molecular formula is C16H25ClN2S. The van der Waals surface area contributed by atoms with Crippen LogP contribution in [0.4, 0.5) is 0 Å². The summed E-state index contributed by atoms with van der Waals surface area (Å²) in [4.78, 5) is 4.08. The molecule has 1 atom stereocenters. The average molecular weight is 313 g/mol. The minimum absolute atomic E-state index is 0.548. The van der Waals surface area contributed by atoms with Crippen molar-refractivity contribution in [2.24, 2.45) is 5.92 Å². The molecule has 20 heavy (non-hydrogen) atoms. The molecule has 1 aromatic heterocycles. The molecule has 1 aliphatic carbocycles. The third-order valence-corrected chi connectivity index (χ3v) is 6.23. The van der Waals surface area contributed by atoms with Crippen molar-refractivity contribution in [1.82, 2.24) is 10.2 Å². The molecule has 1 unspecified atom stereocenters. The van der Waals surface area contributed by atoms with Gasteiger partial charge in [-0.2, -0.15) is 0 Å². The number of hydrogen-bond donors (Lipinski definition) is 1. The summed E-state index contributed by atoms with van der Waals surface area (Å²) >= 11 is 7.96. The molecule has 2 aliphatic rings. The number of aryl methyl sites for hydroxylation is 1. The van der Waals surface area contributed by atoms with E-state index in [1.165, 1.54) is 68.7 Å². The molecule has 3 rings (SSSR count). The number of piperidine rings is 1. The van der Waals surface area contributed by atoms with Crippen LogP contribution in [0.2, 0.25) is 4.34 Å². The fraction of sp³-hybridized carbons (Fsp3) is 0.750. The molecule has 0 amide bonds. The predicted molar refractivity (Wildman–Crippen MR) is 87.8 cm³/mol. The molecule has 0 radical (unpaired) electrons. The Balaban J connectivity index is 1.52. The van der Waals surface area contributed by atoms with Crippen LogP contribution < -0.4 is 5.32 Å². The Kier molecular flexibility index (Phi) is 5.03. The van der Waals surface area contributed by atoms with Gasteiger partial charge in [-0.1, -0.05) is 18.5 Å². The molecule has 1 fully saturated rings. The maximum atomic E-state index is 6.18. The highest BCUT2D eigenvalue weighted by Gasteiger charge is 2.24. The van der Waals surface area contributed by atoms with Crippen LogP contribution in [0.25, 0.3) is 0 Å². The van der Waals surface area contributed by atoms with Crippen LogP contribution in [0.5, 0.6) is 0 Å². The largest absolute Gasteiger partial charge is 0.310 e. The van der Waals surface area contributed by atoms with Crippen molar-refractivity contribution in [1.29, 1.82) is 0 Å². The van der Waals surface area contributed by atoms with Gasteiger partial charge in [0.15, 0.2) is 0 Å². The molecule has 1 aliphatic heterocycles. The first kappa shape index (κ1) is 14.8. The van der Waals surface area contributed by atoms with E-state index >= 15 is 0 Å². The first-order chi connectivity index (χ1) is 9.76. The van der Waals surface area contributed by atoms with Gasteiger partial charge >= 0.3 is 0 Å². The lowest BCUT2D eigenvalue weighted by molar-refractivity contribution is 0.186. The van der Waals surface area contributed by atoms with Crippen molar-refractivity contribution >= 4 is 22.9 Å². The summed E-state index contributed by atoms with van der Waals surface area (Å²) in [6.07, 6.45) is 6.50. The topological polar surface area (TPSA) is 15.3 Å². The minimum atomic E-state index is 0.548. The van der Waals surface area contributed by atoms with Gasteiger partial charge in [-0.15, -0.1) is 11.3 Å². The zero-order chi connectivity index (χ0) is 13.9. The minimum Gasteiger partial charge on any atom is -0.310 e. The Hall–Kier alpha value is -0.0900. The van der Waals surface area contributed by atoms with Gasteiger partial charge in [0.05, 0.1) is 4.34 Å². The van der Waals surface area contributed by atoms with E-state index in [4.69, 9.17) is 11.6 Å². The number of fused-ring (bicyclic) bond motifs is 1. The Morgan fingerprint density at radius 3 is 2.90 bits per heavy atom. The molecule has 2 heterocycles. The summed E-state index contributed by atoms with van der Waals surface area (Å²) in [5.74, 6) is 0.859. The summed E-state index contributed by atoms with van der Waals surface area (Å²) in [6.45, 7) is 7.21. The quantitative estimate of drug-likeness (QED) is 0.900. The Bertz CT molecular complexity index is 438. The van der Waals surface area contributed by atoms with Gasteiger partial charge < -0.3 is 10.2 Å². The maximum Gasteiger partial charge on any atom is 0.0934 e. The van der Waals surface area contributed by atoms with Gasteiger partial charge in [-0.25, -0.2) is 0 Å². The van der Waals surface area contributed by atoms with Crippen molar-refractivity contribution in [3.05, 3.63) is 20.8 Å². The van der Waals surface area contributed by atoms with Gasteiger partial charge in [0.1, 0.15) is 0 Å². The molecule has 0 bridgehead atoms. The summed E-state index contributed by atoms with van der Waals surface area (Å²) in [6, 6.07) is 2.74. The Labute approximate surface area is 131 Å². The Morgan fingerprint density at radius 1 is 1.35 bits per heavy atom. The van der Waals surface area contributed by atoms with Gasteiger partial charge in [-0.3, -0.25) is 0 Å². The first-order valence-corrected chi connectivity index (χ1v) is 9.19. The van der Waals surface area contributed by atoms with E-state index in [9.17, 15) is 0 Å². The van der Waals surface area contributed by atoms with E-state index in [-0.39, 0.29) is 0 Å². The normalized spacial score (nSPS) is 24.8. The lowest BCUT2D eigenvalue weighted by Gasteiger charge is -2.32. The van der Waals surface area contributed by atoms with Crippen LogP contribution in [0, 0.1) is 5.92 Å². The summed E-state index contributed by atoms with van der Waals surface area (Å²) in [5.41, 5.74) is 1.48. The number of likely N-dealkylation sites (tertiary alicyclic amines) is 1. The molecule has 0 spiro atoms. The van der Waals surface area contributed by atoms with Crippen LogP contribution in [-0.4, -0.2) is 31.1 Å². The molecule has 1 N–H and O–H groups in total. The molecular weight excluding hydrogens is 288 g/mol. The van der Waals surface area contributed by atoms with Crippen molar-refractivity contribution in [3.8, 4) is 0 Å². The number of thiophene rings is 1. The maximum absolute atomic E-state index is 6.18. The second kappa shape index (κ2) is 6.78. The van der Waals surface area contributed by atoms with Crippen molar-refractivity contribution < 1.29 is 0 Å². The van der Waals surface area contributed by atoms with Crippen molar-refractivity contribution in [2.75, 3.05) is 26.2 Å². The van der Waals surface area contributed by atoms with Crippen molar-refractivity contribution in [3.63, 3.8) is 0 Å². The standard InChI is InChI=1S/C16H25ClN2S/c1-2-19-8-6-12(7-9-19)11-18-14-4-3-5-15-13(14)10-16(17)20-15/h10,12,14,18H,2-9,11H2,1H3. The van der Waals surface area contributed by atoms with E-state index < -0.39 is 0 Å². The van der Waals surface area contributed by atoms with E-state index in [1.54, 1.807) is 11.3 Å². The number of nitrogens with one attached hydrogen (secondary N) is 1. The van der Waals surface area contributed by atoms with Crippen LogP contribution in [0.1, 0.15) is 49.1 Å². The number of nitrogens with zero attached hydrogens (tertiary/aromatic N) is 1. The zero-order valence-corrected chi connectivity index (χ0v) is 13.9. The summed E-state index contributed by atoms with van der Waals surface area (Å²) in [5, 5.41) is 3.82. The van der Waals surface area contributed by atoms with Crippen LogP contribution in [0.15, 0.2) is 6.07 Å². The molecule has 4 heteroatoms. The molecule has 0 saturated carbocycles. The molecule has 1 aromatic rings. The second-order valence-corrected chi connectivity index (χ2v) is 7.93. The van der Waals surface area contributed by atoms with Crippen LogP contribution in [-0.2, 0) is 6.42 Å². The SMILES string of the molecule is CCN1CCC(CNC2CCCc3sc(Cl)cc32)CC1. The first-order valence-electron chi connectivity index (χ1n) is 8.00. The van der Waals surface area contributed by atoms with Gasteiger partial charge in [0.25, 0.3) is 0 Å². The van der Waals surface area contributed by atoms with Crippen molar-refractivity contribution in [2.45, 2.75) is 45.1 Å². The van der Waals surface area contributed by atoms with E-state index in [2.05, 4.69) is 23.2 Å². The predicted octanol–water partition coefficient (Wildman–Crippen LogP) is 4.10. The molecule has 1 saturated heterocycles. The highest BCUT2D eigenvalue weighted by atomic mass is 35.5. The van der Waals surface area contributed by atoms with Crippen LogP contribution >= 0.6 is 22.9 Å². The average Bonchev–Trinajstić information content (AvgIpc) is 2.86. The van der Waals surface area contributed by atoms with E-state index in [0.29, 0.717) is 6.04 Å². The molecule has 0 aromatic carbocycles. The van der Waals surface area contributed by atoms with E-state index in [1.807, 2.05) is 0 Å². The fourth-order valence-electron chi connectivity index (χ4n) is 3.55. The van der Waals surface area contributed by atoms with Crippen LogP contribution in [0.3, 0.4) is 0 Å². The lowest BCUT2D eigenvalue weighted by Crippen LogP contribution is -2.38. The fourth-order valence-corrected chi connectivity index (χ4v) is 4.93. The number of hydrogen-bond acceptors (Lipinski definition) is 3. The zero-order valence-electron chi connectivity index (χ0n) is 12.3. The third kappa shape index (κ3) is 3.38. The molecule has 2 nitrogen and oxygen atoms in total. The monoisotopic (exact) mass is 312 g/mol. The van der Waals surface area contributed by atoms with Gasteiger partial charge in [-0.05, 0) is 75.8 Å².